The first kappa shape index (κ1) is 8.47. The van der Waals surface area contributed by atoms with Gasteiger partial charge in [0, 0.05) is 28.1 Å². The third-order valence-corrected chi connectivity index (χ3v) is 2.73. The summed E-state index contributed by atoms with van der Waals surface area (Å²) in [6.07, 6.45) is 0. The Morgan fingerprint density at radius 3 is 2.45 bits per heavy atom. The summed E-state index contributed by atoms with van der Waals surface area (Å²) in [6, 6.07) is 2.20. The van der Waals surface area contributed by atoms with Gasteiger partial charge in [-0.25, -0.2) is 0 Å². The molecule has 11 heavy (non-hydrogen) atoms. The molecule has 0 amide bonds. The van der Waals surface area contributed by atoms with E-state index < -0.39 is 0 Å². The average Bonchev–Trinajstić information content (AvgIpc) is 2.28. The molecule has 0 radical (unpaired) electrons. The monoisotopic (exact) mass is 167 g/mol. The summed E-state index contributed by atoms with van der Waals surface area (Å²) in [7, 11) is 1.84. The van der Waals surface area contributed by atoms with E-state index in [4.69, 9.17) is 0 Å². The van der Waals surface area contributed by atoms with Crippen LogP contribution in [0.4, 0.5) is 0 Å². The first-order valence-electron chi connectivity index (χ1n) is 3.66. The van der Waals surface area contributed by atoms with Gasteiger partial charge < -0.3 is 0 Å². The molecule has 0 unspecified atom stereocenters. The van der Waals surface area contributed by atoms with Gasteiger partial charge in [0.05, 0.1) is 0 Å². The van der Waals surface area contributed by atoms with Crippen molar-refractivity contribution in [3.05, 3.63) is 21.4 Å². The van der Waals surface area contributed by atoms with Crippen LogP contribution in [0, 0.1) is 13.8 Å². The highest BCUT2D eigenvalue weighted by Gasteiger charge is 2.03. The largest absolute Gasteiger partial charge is 0.293 e. The van der Waals surface area contributed by atoms with Gasteiger partial charge in [-0.2, -0.15) is 0 Å². The zero-order valence-electron chi connectivity index (χ0n) is 7.43. The SMILES string of the molecule is CN=C(C)c1cc(C)sc1C. The van der Waals surface area contributed by atoms with Crippen molar-refractivity contribution in [2.24, 2.45) is 4.99 Å². The molecule has 1 aromatic rings. The zero-order valence-corrected chi connectivity index (χ0v) is 8.25. The minimum atomic E-state index is 1.13. The van der Waals surface area contributed by atoms with Crippen molar-refractivity contribution >= 4 is 17.0 Å². The average molecular weight is 167 g/mol. The Morgan fingerprint density at radius 2 is 2.09 bits per heavy atom. The van der Waals surface area contributed by atoms with E-state index in [1.807, 2.05) is 18.4 Å². The second-order valence-corrected chi connectivity index (χ2v) is 4.10. The molecular formula is C9H13NS. The Hall–Kier alpha value is -0.630. The van der Waals surface area contributed by atoms with Gasteiger partial charge in [0.25, 0.3) is 0 Å². The van der Waals surface area contributed by atoms with Crippen LogP contribution in [0.3, 0.4) is 0 Å². The highest BCUT2D eigenvalue weighted by Crippen LogP contribution is 2.20. The quantitative estimate of drug-likeness (QED) is 0.570. The van der Waals surface area contributed by atoms with E-state index in [1.165, 1.54) is 15.3 Å². The lowest BCUT2D eigenvalue weighted by Crippen LogP contribution is -1.92. The summed E-state index contributed by atoms with van der Waals surface area (Å²) in [4.78, 5) is 6.88. The fourth-order valence-corrected chi connectivity index (χ4v) is 2.09. The van der Waals surface area contributed by atoms with Crippen molar-refractivity contribution in [1.29, 1.82) is 0 Å². The van der Waals surface area contributed by atoms with E-state index >= 15 is 0 Å². The zero-order chi connectivity index (χ0) is 8.43. The molecule has 0 bridgehead atoms. The summed E-state index contributed by atoms with van der Waals surface area (Å²) in [5.74, 6) is 0. The summed E-state index contributed by atoms with van der Waals surface area (Å²) >= 11 is 1.83. The van der Waals surface area contributed by atoms with Gasteiger partial charge in [0.2, 0.25) is 0 Å². The molecule has 0 aliphatic rings. The molecule has 1 rings (SSSR count). The van der Waals surface area contributed by atoms with Crippen LogP contribution in [0.1, 0.15) is 22.2 Å². The van der Waals surface area contributed by atoms with E-state index in [9.17, 15) is 0 Å². The standard InChI is InChI=1S/C9H13NS/c1-6-5-9(7(2)10-4)8(3)11-6/h5H,1-4H3. The van der Waals surface area contributed by atoms with Crippen molar-refractivity contribution in [1.82, 2.24) is 0 Å². The summed E-state index contributed by atoms with van der Waals surface area (Å²) in [5.41, 5.74) is 2.43. The Kier molecular flexibility index (Phi) is 2.45. The molecule has 0 spiro atoms. The molecule has 2 heteroatoms. The van der Waals surface area contributed by atoms with E-state index in [0.29, 0.717) is 0 Å². The number of aryl methyl sites for hydroxylation is 2. The molecule has 0 saturated heterocycles. The highest BCUT2D eigenvalue weighted by molar-refractivity contribution is 7.12. The van der Waals surface area contributed by atoms with E-state index in [2.05, 4.69) is 31.8 Å². The van der Waals surface area contributed by atoms with Crippen molar-refractivity contribution in [2.75, 3.05) is 7.05 Å². The van der Waals surface area contributed by atoms with Gasteiger partial charge in [-0.3, -0.25) is 4.99 Å². The van der Waals surface area contributed by atoms with Gasteiger partial charge >= 0.3 is 0 Å². The molecule has 0 N–H and O–H groups in total. The van der Waals surface area contributed by atoms with Gasteiger partial charge in [-0.1, -0.05) is 0 Å². The third-order valence-electron chi connectivity index (χ3n) is 1.77. The first-order valence-corrected chi connectivity index (χ1v) is 4.47. The number of nitrogens with zero attached hydrogens (tertiary/aromatic N) is 1. The van der Waals surface area contributed by atoms with Gasteiger partial charge in [0.1, 0.15) is 0 Å². The maximum Gasteiger partial charge on any atom is 0.0397 e. The molecule has 60 valence electrons. The summed E-state index contributed by atoms with van der Waals surface area (Å²) < 4.78 is 0. The number of thiophene rings is 1. The lowest BCUT2D eigenvalue weighted by atomic mass is 10.2. The number of hydrogen-bond donors (Lipinski definition) is 0. The normalized spacial score (nSPS) is 12.2. The lowest BCUT2D eigenvalue weighted by molar-refractivity contribution is 1.40. The van der Waals surface area contributed by atoms with E-state index in [0.717, 1.165) is 5.71 Å². The van der Waals surface area contributed by atoms with Crippen LogP contribution in [-0.4, -0.2) is 12.8 Å². The van der Waals surface area contributed by atoms with Crippen molar-refractivity contribution in [2.45, 2.75) is 20.8 Å². The van der Waals surface area contributed by atoms with Crippen LogP contribution in [-0.2, 0) is 0 Å². The minimum Gasteiger partial charge on any atom is -0.293 e. The predicted molar refractivity (Wildman–Crippen MR) is 51.9 cm³/mol. The minimum absolute atomic E-state index is 1.13. The van der Waals surface area contributed by atoms with Crippen molar-refractivity contribution < 1.29 is 0 Å². The molecule has 1 aromatic heterocycles. The Morgan fingerprint density at radius 1 is 1.45 bits per heavy atom. The predicted octanol–water partition coefficient (Wildman–Crippen LogP) is 2.80. The smallest absolute Gasteiger partial charge is 0.0397 e. The highest BCUT2D eigenvalue weighted by atomic mass is 32.1. The maximum atomic E-state index is 4.16. The Balaban J connectivity index is 3.13. The van der Waals surface area contributed by atoms with Gasteiger partial charge in [-0.15, -0.1) is 11.3 Å². The fraction of sp³-hybridized carbons (Fsp3) is 0.444. The van der Waals surface area contributed by atoms with Crippen molar-refractivity contribution in [3.63, 3.8) is 0 Å². The van der Waals surface area contributed by atoms with Crippen molar-refractivity contribution in [3.8, 4) is 0 Å². The number of hydrogen-bond acceptors (Lipinski definition) is 2. The van der Waals surface area contributed by atoms with Crippen LogP contribution in [0.25, 0.3) is 0 Å². The van der Waals surface area contributed by atoms with Crippen LogP contribution in [0.2, 0.25) is 0 Å². The van der Waals surface area contributed by atoms with Crippen LogP contribution in [0.5, 0.6) is 0 Å². The molecule has 0 aliphatic carbocycles. The molecule has 0 fully saturated rings. The second-order valence-electron chi connectivity index (χ2n) is 2.64. The molecule has 0 aliphatic heterocycles. The first-order chi connectivity index (χ1) is 5.15. The molecule has 1 nitrogen and oxygen atoms in total. The van der Waals surface area contributed by atoms with Gasteiger partial charge in [0.15, 0.2) is 0 Å². The lowest BCUT2D eigenvalue weighted by Gasteiger charge is -1.94. The van der Waals surface area contributed by atoms with E-state index in [1.54, 1.807) is 0 Å². The Labute approximate surface area is 71.8 Å². The molecule has 1 heterocycles. The molecular weight excluding hydrogens is 154 g/mol. The van der Waals surface area contributed by atoms with Gasteiger partial charge in [-0.05, 0) is 26.8 Å². The summed E-state index contributed by atoms with van der Waals surface area (Å²) in [6.45, 7) is 6.32. The number of rotatable bonds is 1. The molecule has 0 atom stereocenters. The van der Waals surface area contributed by atoms with Crippen LogP contribution in [0.15, 0.2) is 11.1 Å². The number of aliphatic imine (C=N–C) groups is 1. The van der Waals surface area contributed by atoms with E-state index in [-0.39, 0.29) is 0 Å². The molecule has 0 saturated carbocycles. The maximum absolute atomic E-state index is 4.16. The summed E-state index contributed by atoms with van der Waals surface area (Å²) in [5, 5.41) is 0. The topological polar surface area (TPSA) is 12.4 Å². The van der Waals surface area contributed by atoms with Crippen LogP contribution < -0.4 is 0 Å². The Bertz CT molecular complexity index is 284. The third kappa shape index (κ3) is 1.69. The second kappa shape index (κ2) is 3.18. The molecule has 0 aromatic carbocycles. The fourth-order valence-electron chi connectivity index (χ4n) is 1.11. The van der Waals surface area contributed by atoms with Crippen LogP contribution >= 0.6 is 11.3 Å².